The second kappa shape index (κ2) is 9.05. The molecule has 35 heavy (non-hydrogen) atoms. The van der Waals surface area contributed by atoms with Crippen LogP contribution >= 0.6 is 0 Å². The van der Waals surface area contributed by atoms with Crippen molar-refractivity contribution in [2.75, 3.05) is 0 Å². The van der Waals surface area contributed by atoms with Crippen LogP contribution in [0.15, 0.2) is 52.1 Å². The number of phenols is 2. The fraction of sp³-hybridized carbons (Fsp3) is 0.200. The number of oxime groups is 1. The summed E-state index contributed by atoms with van der Waals surface area (Å²) in [6.07, 6.45) is -10.9. The third kappa shape index (κ3) is 5.29. The van der Waals surface area contributed by atoms with Crippen LogP contribution in [0.25, 0.3) is 11.3 Å². The molecule has 0 saturated carbocycles. The maximum Gasteiger partial charge on any atom is 0.458 e. The van der Waals surface area contributed by atoms with Crippen molar-refractivity contribution < 1.29 is 59.8 Å². The Kier molecular flexibility index (Phi) is 6.66. The Bertz CT molecular complexity index is 1210. The number of aromatic hydroxyl groups is 2. The number of halogens is 8. The molecule has 0 bridgehead atoms. The van der Waals surface area contributed by atoms with E-state index >= 15 is 0 Å². The van der Waals surface area contributed by atoms with Crippen molar-refractivity contribution in [3.8, 4) is 22.8 Å². The maximum atomic E-state index is 13.4. The lowest BCUT2D eigenvalue weighted by molar-refractivity contribution is -0.355. The summed E-state index contributed by atoms with van der Waals surface area (Å²) < 4.78 is 105. The van der Waals surface area contributed by atoms with Gasteiger partial charge in [0.05, 0.1) is 17.5 Å². The molecule has 15 heteroatoms. The Morgan fingerprint density at radius 2 is 1.40 bits per heavy atom. The fourth-order valence-electron chi connectivity index (χ4n) is 2.80. The van der Waals surface area contributed by atoms with Gasteiger partial charge in [0.15, 0.2) is 0 Å². The molecule has 0 radical (unpaired) electrons. The summed E-state index contributed by atoms with van der Waals surface area (Å²) in [7, 11) is 0. The number of benzene rings is 2. The minimum atomic E-state index is -5.07. The quantitative estimate of drug-likeness (QED) is 0.412. The summed E-state index contributed by atoms with van der Waals surface area (Å²) in [5, 5.41) is 34.0. The second-order valence-corrected chi connectivity index (χ2v) is 6.93. The predicted octanol–water partition coefficient (Wildman–Crippen LogP) is 5.11. The number of nitrogens with zero attached hydrogens (tertiary/aromatic N) is 2. The summed E-state index contributed by atoms with van der Waals surface area (Å²) in [6.45, 7) is 0. The van der Waals surface area contributed by atoms with E-state index in [4.69, 9.17) is 0 Å². The number of hydrogen-bond acceptors (Lipinski definition) is 7. The number of rotatable bonds is 2. The van der Waals surface area contributed by atoms with Gasteiger partial charge < -0.3 is 24.7 Å². The van der Waals surface area contributed by atoms with Gasteiger partial charge in [0.1, 0.15) is 34.5 Å². The van der Waals surface area contributed by atoms with E-state index < -0.39 is 76.0 Å². The van der Waals surface area contributed by atoms with Gasteiger partial charge in [0, 0.05) is 6.07 Å². The zero-order valence-electron chi connectivity index (χ0n) is 16.8. The minimum absolute atomic E-state index is 0.409. The smallest absolute Gasteiger partial charge is 0.458 e. The van der Waals surface area contributed by atoms with Crippen molar-refractivity contribution in [2.24, 2.45) is 5.16 Å². The average Bonchev–Trinajstić information content (AvgIpc) is 3.36. The van der Waals surface area contributed by atoms with Gasteiger partial charge in [-0.05, 0) is 24.3 Å². The van der Waals surface area contributed by atoms with Crippen molar-refractivity contribution >= 4 is 5.71 Å². The zero-order valence-corrected chi connectivity index (χ0v) is 16.8. The van der Waals surface area contributed by atoms with E-state index in [0.717, 1.165) is 24.3 Å². The molecule has 0 fully saturated rings. The molecule has 0 amide bonds. The van der Waals surface area contributed by atoms with E-state index in [1.807, 2.05) is 0 Å². The first-order valence-corrected chi connectivity index (χ1v) is 9.18. The lowest BCUT2D eigenvalue weighted by Gasteiger charge is -2.22. The third-order valence-corrected chi connectivity index (χ3v) is 4.47. The molecule has 0 saturated heterocycles. The van der Waals surface area contributed by atoms with E-state index in [9.17, 15) is 50.4 Å². The van der Waals surface area contributed by atoms with Crippen LogP contribution in [0.5, 0.6) is 11.5 Å². The van der Waals surface area contributed by atoms with E-state index in [1.165, 1.54) is 12.1 Å². The highest BCUT2D eigenvalue weighted by molar-refractivity contribution is 6.03. The first-order chi connectivity index (χ1) is 16.1. The molecule has 0 aliphatic carbocycles. The molecule has 3 N–H and O–H groups in total. The Morgan fingerprint density at radius 1 is 0.857 bits per heavy atom. The molecule has 0 spiro atoms. The zero-order chi connectivity index (χ0) is 26.2. The predicted molar refractivity (Wildman–Crippen MR) is 99.9 cm³/mol. The standard InChI is InChI=1S/C10H7F4NO3.C10H5F4NO2/c11-5-2-1-3-7(16)8(5)6-4-9(17,18-15-6)10(12,13)14;11-5-2-1-3-7(16)9(5)6-4-8(17-15-6)10(12,13)14/h1-3,16-17H,4H2;1-4,16H. The maximum absolute atomic E-state index is 13.4. The summed E-state index contributed by atoms with van der Waals surface area (Å²) in [5.41, 5.74) is -1.86. The molecule has 2 heterocycles. The molecule has 1 atom stereocenters. The molecular weight excluding hydrogens is 500 g/mol. The Balaban J connectivity index is 0.000000196. The van der Waals surface area contributed by atoms with Crippen LogP contribution in [0.4, 0.5) is 35.1 Å². The van der Waals surface area contributed by atoms with Crippen molar-refractivity contribution in [2.45, 2.75) is 24.6 Å². The number of hydrogen-bond donors (Lipinski definition) is 3. The molecule has 188 valence electrons. The average molecular weight is 512 g/mol. The molecule has 4 rings (SSSR count). The van der Waals surface area contributed by atoms with Crippen LogP contribution < -0.4 is 0 Å². The molecular formula is C20H12F8N2O5. The Hall–Kier alpha value is -3.88. The number of aliphatic hydroxyl groups is 1. The van der Waals surface area contributed by atoms with E-state index in [1.54, 1.807) is 0 Å². The normalized spacial score (nSPS) is 17.9. The second-order valence-electron chi connectivity index (χ2n) is 6.93. The van der Waals surface area contributed by atoms with Gasteiger partial charge in [-0.15, -0.1) is 0 Å². The van der Waals surface area contributed by atoms with Gasteiger partial charge in [0.2, 0.25) is 5.76 Å². The Morgan fingerprint density at radius 3 is 1.83 bits per heavy atom. The van der Waals surface area contributed by atoms with Gasteiger partial charge in [-0.25, -0.2) is 8.78 Å². The van der Waals surface area contributed by atoms with Crippen LogP contribution in [0.2, 0.25) is 0 Å². The van der Waals surface area contributed by atoms with Crippen LogP contribution in [-0.4, -0.2) is 38.2 Å². The number of aromatic nitrogens is 1. The van der Waals surface area contributed by atoms with Crippen LogP contribution in [-0.2, 0) is 11.0 Å². The van der Waals surface area contributed by atoms with Crippen molar-refractivity contribution in [3.63, 3.8) is 0 Å². The summed E-state index contributed by atoms with van der Waals surface area (Å²) in [5.74, 6) is -7.77. The van der Waals surface area contributed by atoms with Gasteiger partial charge in [0.25, 0.3) is 0 Å². The molecule has 2 aromatic carbocycles. The number of phenolic OH excluding ortho intramolecular Hbond substituents is 2. The summed E-state index contributed by atoms with van der Waals surface area (Å²) in [4.78, 5) is 3.92. The fourth-order valence-corrected chi connectivity index (χ4v) is 2.80. The van der Waals surface area contributed by atoms with Crippen molar-refractivity contribution in [1.82, 2.24) is 5.16 Å². The van der Waals surface area contributed by atoms with Crippen molar-refractivity contribution in [3.05, 3.63) is 65.4 Å². The van der Waals surface area contributed by atoms with Crippen molar-refractivity contribution in [1.29, 1.82) is 0 Å². The van der Waals surface area contributed by atoms with Gasteiger partial charge in [-0.3, -0.25) is 0 Å². The summed E-state index contributed by atoms with van der Waals surface area (Å²) in [6, 6.07) is 7.10. The Labute approximate surface area is 189 Å². The van der Waals surface area contributed by atoms with E-state index in [0.29, 0.717) is 6.07 Å². The highest BCUT2D eigenvalue weighted by Gasteiger charge is 2.60. The molecule has 1 unspecified atom stereocenters. The first kappa shape index (κ1) is 25.7. The van der Waals surface area contributed by atoms with Crippen LogP contribution in [0.1, 0.15) is 17.7 Å². The number of alkyl halides is 6. The van der Waals surface area contributed by atoms with E-state index in [-0.39, 0.29) is 0 Å². The molecule has 1 aromatic heterocycles. The molecule has 1 aliphatic rings. The SMILES string of the molecule is Oc1cccc(F)c1-c1cc(C(F)(F)F)on1.Oc1cccc(F)c1C1=NOC(O)(C(F)(F)F)C1. The topological polar surface area (TPSA) is 108 Å². The van der Waals surface area contributed by atoms with Crippen LogP contribution in [0.3, 0.4) is 0 Å². The van der Waals surface area contributed by atoms with E-state index in [2.05, 4.69) is 19.7 Å². The lowest BCUT2D eigenvalue weighted by atomic mass is 10.0. The summed E-state index contributed by atoms with van der Waals surface area (Å²) >= 11 is 0. The highest BCUT2D eigenvalue weighted by atomic mass is 19.4. The lowest BCUT2D eigenvalue weighted by Crippen LogP contribution is -2.45. The monoisotopic (exact) mass is 512 g/mol. The van der Waals surface area contributed by atoms with Gasteiger partial charge >= 0.3 is 18.1 Å². The van der Waals surface area contributed by atoms with Crippen LogP contribution in [0, 0.1) is 11.6 Å². The largest absolute Gasteiger partial charge is 0.507 e. The third-order valence-electron chi connectivity index (χ3n) is 4.47. The van der Waals surface area contributed by atoms with Gasteiger partial charge in [-0.2, -0.15) is 26.3 Å². The molecule has 7 nitrogen and oxygen atoms in total. The molecule has 3 aromatic rings. The highest BCUT2D eigenvalue weighted by Crippen LogP contribution is 2.40. The first-order valence-electron chi connectivity index (χ1n) is 9.18. The minimum Gasteiger partial charge on any atom is -0.507 e. The molecule has 1 aliphatic heterocycles. The van der Waals surface area contributed by atoms with Gasteiger partial charge in [-0.1, -0.05) is 22.4 Å².